The average molecular weight is 485 g/mol. The minimum Gasteiger partial charge on any atom is -0.444 e. The van der Waals surface area contributed by atoms with Gasteiger partial charge in [0.2, 0.25) is 15.9 Å². The van der Waals surface area contributed by atoms with Gasteiger partial charge in [-0.1, -0.05) is 6.42 Å². The standard InChI is InChI=1S/C15H27N5O3S.HI/c1-11-12(2)23-14(20-11)10-18-15(16-3)17-7-8-24(21,22)19-9-13-5-4-6-13;/h13,19H,4-10H2,1-3H3,(H2,16,17,18);1H. The van der Waals surface area contributed by atoms with E-state index >= 15 is 0 Å². The number of hydrogen-bond acceptors (Lipinski definition) is 5. The molecule has 3 N–H and O–H groups in total. The van der Waals surface area contributed by atoms with Gasteiger partial charge in [0.25, 0.3) is 0 Å². The molecule has 0 aliphatic heterocycles. The van der Waals surface area contributed by atoms with Gasteiger partial charge >= 0.3 is 0 Å². The molecule has 8 nitrogen and oxygen atoms in total. The van der Waals surface area contributed by atoms with E-state index in [0.717, 1.165) is 24.3 Å². The third-order valence-corrected chi connectivity index (χ3v) is 5.53. The van der Waals surface area contributed by atoms with Crippen molar-refractivity contribution < 1.29 is 12.8 Å². The van der Waals surface area contributed by atoms with Crippen LogP contribution in [0.4, 0.5) is 0 Å². The first-order valence-corrected chi connectivity index (χ1v) is 9.89. The van der Waals surface area contributed by atoms with Gasteiger partial charge in [0.1, 0.15) is 5.76 Å². The maximum atomic E-state index is 11.9. The molecule has 2 rings (SSSR count). The molecule has 0 unspecified atom stereocenters. The van der Waals surface area contributed by atoms with Crippen molar-refractivity contribution in [3.8, 4) is 0 Å². The lowest BCUT2D eigenvalue weighted by Crippen LogP contribution is -2.41. The predicted molar refractivity (Wildman–Crippen MR) is 109 cm³/mol. The SMILES string of the molecule is CN=C(NCCS(=O)(=O)NCC1CCC1)NCc1nc(C)c(C)o1.I. The number of guanidine groups is 1. The number of oxazole rings is 1. The Kier molecular flexibility index (Phi) is 9.14. The minimum absolute atomic E-state index is 0. The van der Waals surface area contributed by atoms with Crippen molar-refractivity contribution in [2.75, 3.05) is 25.9 Å². The quantitative estimate of drug-likeness (QED) is 0.291. The van der Waals surface area contributed by atoms with Gasteiger partial charge in [-0.3, -0.25) is 4.99 Å². The zero-order valence-electron chi connectivity index (χ0n) is 15.0. The second-order valence-corrected chi connectivity index (χ2v) is 7.99. The maximum absolute atomic E-state index is 11.9. The summed E-state index contributed by atoms with van der Waals surface area (Å²) in [5.41, 5.74) is 0.860. The van der Waals surface area contributed by atoms with Crippen molar-refractivity contribution in [3.63, 3.8) is 0 Å². The molecule has 1 aliphatic carbocycles. The van der Waals surface area contributed by atoms with Gasteiger partial charge < -0.3 is 15.1 Å². The number of nitrogens with one attached hydrogen (secondary N) is 3. The van der Waals surface area contributed by atoms with E-state index in [1.165, 1.54) is 6.42 Å². The highest BCUT2D eigenvalue weighted by atomic mass is 127. The fraction of sp³-hybridized carbons (Fsp3) is 0.733. The van der Waals surface area contributed by atoms with Crippen molar-refractivity contribution >= 4 is 40.0 Å². The van der Waals surface area contributed by atoms with E-state index in [9.17, 15) is 8.42 Å². The van der Waals surface area contributed by atoms with E-state index in [1.54, 1.807) is 7.05 Å². The number of nitrogens with zero attached hydrogens (tertiary/aromatic N) is 2. The number of rotatable bonds is 8. The first-order valence-electron chi connectivity index (χ1n) is 8.24. The molecular formula is C15H28IN5O3S. The lowest BCUT2D eigenvalue weighted by molar-refractivity contribution is 0.316. The third kappa shape index (κ3) is 7.48. The van der Waals surface area contributed by atoms with Crippen LogP contribution in [-0.4, -0.2) is 45.3 Å². The summed E-state index contributed by atoms with van der Waals surface area (Å²) in [6, 6.07) is 0. The molecule has 1 aromatic rings. The molecule has 0 saturated heterocycles. The first kappa shape index (κ1) is 22.2. The number of aliphatic imine (C=N–C) groups is 1. The fourth-order valence-electron chi connectivity index (χ4n) is 2.31. The summed E-state index contributed by atoms with van der Waals surface area (Å²) in [4.78, 5) is 8.33. The van der Waals surface area contributed by atoms with Crippen LogP contribution in [0.25, 0.3) is 0 Å². The predicted octanol–water partition coefficient (Wildman–Crippen LogP) is 1.29. The van der Waals surface area contributed by atoms with E-state index in [1.807, 2.05) is 13.8 Å². The van der Waals surface area contributed by atoms with Crippen LogP contribution < -0.4 is 15.4 Å². The lowest BCUT2D eigenvalue weighted by atomic mass is 9.86. The maximum Gasteiger partial charge on any atom is 0.214 e. The Morgan fingerprint density at radius 3 is 2.56 bits per heavy atom. The molecule has 1 saturated carbocycles. The van der Waals surface area contributed by atoms with Gasteiger partial charge in [0.15, 0.2) is 5.96 Å². The average Bonchev–Trinajstić information content (AvgIpc) is 2.79. The zero-order chi connectivity index (χ0) is 17.6. The highest BCUT2D eigenvalue weighted by molar-refractivity contribution is 14.0. The molecule has 1 aromatic heterocycles. The van der Waals surface area contributed by atoms with Crippen LogP contribution in [-0.2, 0) is 16.6 Å². The van der Waals surface area contributed by atoms with Gasteiger partial charge in [-0.15, -0.1) is 24.0 Å². The summed E-state index contributed by atoms with van der Waals surface area (Å²) in [7, 11) is -1.62. The summed E-state index contributed by atoms with van der Waals surface area (Å²) >= 11 is 0. The Morgan fingerprint density at radius 1 is 1.32 bits per heavy atom. The summed E-state index contributed by atoms with van der Waals surface area (Å²) < 4.78 is 32.0. The molecule has 1 heterocycles. The van der Waals surface area contributed by atoms with Crippen molar-refractivity contribution in [1.29, 1.82) is 0 Å². The highest BCUT2D eigenvalue weighted by Gasteiger charge is 2.20. The van der Waals surface area contributed by atoms with E-state index in [2.05, 4.69) is 25.3 Å². The summed E-state index contributed by atoms with van der Waals surface area (Å²) in [5, 5.41) is 6.03. The molecule has 0 spiro atoms. The highest BCUT2D eigenvalue weighted by Crippen LogP contribution is 2.25. The van der Waals surface area contributed by atoms with E-state index < -0.39 is 10.0 Å². The van der Waals surface area contributed by atoms with Crippen LogP contribution in [0.5, 0.6) is 0 Å². The fourth-order valence-corrected chi connectivity index (χ4v) is 3.32. The number of aryl methyl sites for hydroxylation is 2. The Morgan fingerprint density at radius 2 is 2.04 bits per heavy atom. The van der Waals surface area contributed by atoms with Crippen molar-refractivity contribution in [2.24, 2.45) is 10.9 Å². The summed E-state index contributed by atoms with van der Waals surface area (Å²) in [5.74, 6) is 2.39. The number of aromatic nitrogens is 1. The van der Waals surface area contributed by atoms with Crippen LogP contribution in [0, 0.1) is 19.8 Å². The van der Waals surface area contributed by atoms with Crippen LogP contribution in [0.1, 0.15) is 36.6 Å². The van der Waals surface area contributed by atoms with E-state index in [4.69, 9.17) is 4.42 Å². The number of halogens is 1. The second kappa shape index (κ2) is 10.3. The van der Waals surface area contributed by atoms with Crippen molar-refractivity contribution in [3.05, 3.63) is 17.3 Å². The molecule has 0 amide bonds. The number of sulfonamides is 1. The lowest BCUT2D eigenvalue weighted by Gasteiger charge is -2.25. The third-order valence-electron chi connectivity index (χ3n) is 4.18. The minimum atomic E-state index is -3.25. The largest absolute Gasteiger partial charge is 0.444 e. The van der Waals surface area contributed by atoms with Crippen LogP contribution in [0.3, 0.4) is 0 Å². The summed E-state index contributed by atoms with van der Waals surface area (Å²) in [6.07, 6.45) is 3.45. The number of hydrogen-bond donors (Lipinski definition) is 3. The molecule has 1 fully saturated rings. The Bertz CT molecular complexity index is 651. The van der Waals surface area contributed by atoms with Gasteiger partial charge in [-0.2, -0.15) is 0 Å². The van der Waals surface area contributed by atoms with Crippen molar-refractivity contribution in [1.82, 2.24) is 20.3 Å². The van der Waals surface area contributed by atoms with Gasteiger partial charge in [-0.05, 0) is 32.6 Å². The van der Waals surface area contributed by atoms with Crippen LogP contribution in [0.15, 0.2) is 9.41 Å². The van der Waals surface area contributed by atoms with E-state index in [-0.39, 0.29) is 36.3 Å². The smallest absolute Gasteiger partial charge is 0.214 e. The molecule has 0 aromatic carbocycles. The van der Waals surface area contributed by atoms with Gasteiger partial charge in [-0.25, -0.2) is 18.1 Å². The Balaban J connectivity index is 0.00000312. The Labute approximate surface area is 166 Å². The normalized spacial score (nSPS) is 15.4. The van der Waals surface area contributed by atoms with Gasteiger partial charge in [0, 0.05) is 20.1 Å². The van der Waals surface area contributed by atoms with E-state index in [0.29, 0.717) is 30.9 Å². The molecule has 25 heavy (non-hydrogen) atoms. The molecule has 1 aliphatic rings. The van der Waals surface area contributed by atoms with Crippen LogP contribution >= 0.6 is 24.0 Å². The molecule has 10 heteroatoms. The molecule has 0 radical (unpaired) electrons. The van der Waals surface area contributed by atoms with Gasteiger partial charge in [0.05, 0.1) is 18.0 Å². The molecule has 0 atom stereocenters. The van der Waals surface area contributed by atoms with Crippen LogP contribution in [0.2, 0.25) is 0 Å². The molecule has 0 bridgehead atoms. The second-order valence-electron chi connectivity index (χ2n) is 6.07. The summed E-state index contributed by atoms with van der Waals surface area (Å²) in [6.45, 7) is 4.97. The Hall–Kier alpha value is -0.880. The molecular weight excluding hydrogens is 457 g/mol. The van der Waals surface area contributed by atoms with Crippen molar-refractivity contribution in [2.45, 2.75) is 39.7 Å². The zero-order valence-corrected chi connectivity index (χ0v) is 18.1. The molecule has 144 valence electrons. The first-order chi connectivity index (χ1) is 11.4. The topological polar surface area (TPSA) is 109 Å². The monoisotopic (exact) mass is 485 g/mol.